The zero-order chi connectivity index (χ0) is 15.6. The first kappa shape index (κ1) is 18.2. The molecule has 4 nitrogen and oxygen atoms in total. The first-order valence-corrected chi connectivity index (χ1v) is 8.39. The molecule has 5 heteroatoms. The van der Waals surface area contributed by atoms with Crippen LogP contribution in [0.15, 0.2) is 30.3 Å². The van der Waals surface area contributed by atoms with Crippen molar-refractivity contribution < 1.29 is 4.79 Å². The minimum atomic E-state index is -0.445. The van der Waals surface area contributed by atoms with Crippen LogP contribution in [0.2, 0.25) is 0 Å². The Morgan fingerprint density at radius 1 is 1.13 bits per heavy atom. The van der Waals surface area contributed by atoms with E-state index in [1.165, 1.54) is 0 Å². The van der Waals surface area contributed by atoms with E-state index >= 15 is 0 Å². The van der Waals surface area contributed by atoms with Crippen molar-refractivity contribution in [2.45, 2.75) is 31.7 Å². The molecule has 0 aromatic heterocycles. The second-order valence-corrected chi connectivity index (χ2v) is 6.97. The Balaban J connectivity index is 0.00000192. The van der Waals surface area contributed by atoms with Crippen LogP contribution in [-0.2, 0) is 10.2 Å². The standard InChI is InChI=1S/C18H27N3O.ClH/c1-18(2,15-6-4-3-5-7-15)17(22)21-11-8-16(14-21)20-12-9-19-10-13-20;/h3-7,16,19H,8-14H2,1-2H3;1H. The molecule has 0 saturated carbocycles. The SMILES string of the molecule is CC(C)(C(=O)N1CCC(N2CCNCC2)C1)c1ccccc1.Cl. The number of hydrogen-bond donors (Lipinski definition) is 1. The number of piperazine rings is 1. The third-order valence-corrected chi connectivity index (χ3v) is 5.15. The number of amides is 1. The summed E-state index contributed by atoms with van der Waals surface area (Å²) in [6, 6.07) is 10.7. The van der Waals surface area contributed by atoms with Crippen molar-refractivity contribution in [3.8, 4) is 0 Å². The fraction of sp³-hybridized carbons (Fsp3) is 0.611. The van der Waals surface area contributed by atoms with Crippen LogP contribution in [0.25, 0.3) is 0 Å². The van der Waals surface area contributed by atoms with Crippen molar-refractivity contribution in [2.24, 2.45) is 0 Å². The van der Waals surface area contributed by atoms with Gasteiger partial charge in [0.15, 0.2) is 0 Å². The summed E-state index contributed by atoms with van der Waals surface area (Å²) in [6.45, 7) is 10.2. The summed E-state index contributed by atoms with van der Waals surface area (Å²) in [5.41, 5.74) is 0.658. The molecule has 2 saturated heterocycles. The lowest BCUT2D eigenvalue weighted by molar-refractivity contribution is -0.135. The zero-order valence-corrected chi connectivity index (χ0v) is 14.9. The van der Waals surface area contributed by atoms with Gasteiger partial charge < -0.3 is 10.2 Å². The number of carbonyl (C=O) groups is 1. The van der Waals surface area contributed by atoms with Crippen LogP contribution in [0.1, 0.15) is 25.8 Å². The molecule has 2 aliphatic heterocycles. The van der Waals surface area contributed by atoms with E-state index in [-0.39, 0.29) is 18.3 Å². The molecule has 0 aliphatic carbocycles. The maximum absolute atomic E-state index is 13.0. The molecule has 0 spiro atoms. The van der Waals surface area contributed by atoms with Gasteiger partial charge in [0.1, 0.15) is 0 Å². The molecule has 3 rings (SSSR count). The van der Waals surface area contributed by atoms with Crippen LogP contribution in [0, 0.1) is 0 Å². The monoisotopic (exact) mass is 337 g/mol. The average molecular weight is 338 g/mol. The maximum atomic E-state index is 13.0. The summed E-state index contributed by atoms with van der Waals surface area (Å²) in [7, 11) is 0. The van der Waals surface area contributed by atoms with E-state index in [9.17, 15) is 4.79 Å². The highest BCUT2D eigenvalue weighted by Gasteiger charge is 2.38. The number of hydrogen-bond acceptors (Lipinski definition) is 3. The maximum Gasteiger partial charge on any atom is 0.232 e. The highest BCUT2D eigenvalue weighted by molar-refractivity contribution is 5.87. The summed E-state index contributed by atoms with van der Waals surface area (Å²) in [5.74, 6) is 0.260. The predicted molar refractivity (Wildman–Crippen MR) is 96.1 cm³/mol. The molecule has 1 N–H and O–H groups in total. The topological polar surface area (TPSA) is 35.6 Å². The molecular formula is C18H28ClN3O. The van der Waals surface area contributed by atoms with Gasteiger partial charge in [0, 0.05) is 45.3 Å². The summed E-state index contributed by atoms with van der Waals surface area (Å²) in [4.78, 5) is 17.6. The summed E-state index contributed by atoms with van der Waals surface area (Å²) in [6.07, 6.45) is 1.11. The van der Waals surface area contributed by atoms with Crippen molar-refractivity contribution in [3.05, 3.63) is 35.9 Å². The molecule has 1 aromatic carbocycles. The van der Waals surface area contributed by atoms with Crippen molar-refractivity contribution in [1.82, 2.24) is 15.1 Å². The molecule has 1 amide bonds. The molecule has 128 valence electrons. The molecule has 0 radical (unpaired) electrons. The third-order valence-electron chi connectivity index (χ3n) is 5.15. The van der Waals surface area contributed by atoms with Gasteiger partial charge in [0.25, 0.3) is 0 Å². The molecule has 23 heavy (non-hydrogen) atoms. The summed E-state index contributed by atoms with van der Waals surface area (Å²) >= 11 is 0. The molecular weight excluding hydrogens is 310 g/mol. The van der Waals surface area contributed by atoms with Gasteiger partial charge >= 0.3 is 0 Å². The minimum absolute atomic E-state index is 0. The zero-order valence-electron chi connectivity index (χ0n) is 14.1. The number of nitrogens with one attached hydrogen (secondary N) is 1. The van der Waals surface area contributed by atoms with E-state index in [0.717, 1.165) is 51.3 Å². The van der Waals surface area contributed by atoms with Gasteiger partial charge in [0.05, 0.1) is 5.41 Å². The second-order valence-electron chi connectivity index (χ2n) is 6.97. The number of carbonyl (C=O) groups excluding carboxylic acids is 1. The molecule has 1 unspecified atom stereocenters. The molecule has 1 aromatic rings. The van der Waals surface area contributed by atoms with E-state index < -0.39 is 5.41 Å². The summed E-state index contributed by atoms with van der Waals surface area (Å²) < 4.78 is 0. The number of nitrogens with zero attached hydrogens (tertiary/aromatic N) is 2. The van der Waals surface area contributed by atoms with E-state index in [1.807, 2.05) is 32.0 Å². The Bertz CT molecular complexity index is 514. The average Bonchev–Trinajstić information content (AvgIpc) is 3.05. The van der Waals surface area contributed by atoms with Gasteiger partial charge in [-0.15, -0.1) is 12.4 Å². The van der Waals surface area contributed by atoms with E-state index in [1.54, 1.807) is 0 Å². The highest BCUT2D eigenvalue weighted by Crippen LogP contribution is 2.28. The Labute approximate surface area is 145 Å². The first-order chi connectivity index (χ1) is 10.6. The van der Waals surface area contributed by atoms with Gasteiger partial charge in [0.2, 0.25) is 5.91 Å². The quantitative estimate of drug-likeness (QED) is 0.915. The lowest BCUT2D eigenvalue weighted by Crippen LogP contribution is -2.50. The van der Waals surface area contributed by atoms with Gasteiger partial charge in [-0.1, -0.05) is 30.3 Å². The second kappa shape index (κ2) is 7.65. The van der Waals surface area contributed by atoms with Crippen LogP contribution in [-0.4, -0.2) is 61.0 Å². The Morgan fingerprint density at radius 2 is 1.78 bits per heavy atom. The molecule has 0 bridgehead atoms. The Morgan fingerprint density at radius 3 is 2.43 bits per heavy atom. The summed E-state index contributed by atoms with van der Waals surface area (Å²) in [5, 5.41) is 3.40. The van der Waals surface area contributed by atoms with Gasteiger partial charge in [-0.2, -0.15) is 0 Å². The third kappa shape index (κ3) is 3.87. The molecule has 2 fully saturated rings. The predicted octanol–water partition coefficient (Wildman–Crippen LogP) is 1.89. The number of likely N-dealkylation sites (tertiary alicyclic amines) is 1. The highest BCUT2D eigenvalue weighted by atomic mass is 35.5. The van der Waals surface area contributed by atoms with E-state index in [4.69, 9.17) is 0 Å². The van der Waals surface area contributed by atoms with Crippen molar-refractivity contribution in [1.29, 1.82) is 0 Å². The van der Waals surface area contributed by atoms with Gasteiger partial charge in [-0.05, 0) is 25.8 Å². The van der Waals surface area contributed by atoms with Crippen LogP contribution < -0.4 is 5.32 Å². The number of halogens is 1. The molecule has 2 aliphatic rings. The lowest BCUT2D eigenvalue weighted by atomic mass is 9.83. The lowest BCUT2D eigenvalue weighted by Gasteiger charge is -2.34. The fourth-order valence-corrected chi connectivity index (χ4v) is 3.65. The van der Waals surface area contributed by atoms with Crippen molar-refractivity contribution >= 4 is 18.3 Å². The van der Waals surface area contributed by atoms with Gasteiger partial charge in [-0.3, -0.25) is 9.69 Å². The van der Waals surface area contributed by atoms with E-state index in [2.05, 4.69) is 27.2 Å². The minimum Gasteiger partial charge on any atom is -0.340 e. The van der Waals surface area contributed by atoms with Crippen LogP contribution in [0.5, 0.6) is 0 Å². The number of benzene rings is 1. The fourth-order valence-electron chi connectivity index (χ4n) is 3.65. The van der Waals surface area contributed by atoms with Crippen molar-refractivity contribution in [3.63, 3.8) is 0 Å². The van der Waals surface area contributed by atoms with Crippen molar-refractivity contribution in [2.75, 3.05) is 39.3 Å². The van der Waals surface area contributed by atoms with Crippen LogP contribution in [0.3, 0.4) is 0 Å². The Kier molecular flexibility index (Phi) is 6.06. The Hall–Kier alpha value is -1.10. The largest absolute Gasteiger partial charge is 0.340 e. The molecule has 2 heterocycles. The number of rotatable bonds is 3. The van der Waals surface area contributed by atoms with E-state index in [0.29, 0.717) is 6.04 Å². The van der Waals surface area contributed by atoms with Crippen LogP contribution >= 0.6 is 12.4 Å². The normalized spacial score (nSPS) is 22.7. The van der Waals surface area contributed by atoms with Gasteiger partial charge in [-0.25, -0.2) is 0 Å². The van der Waals surface area contributed by atoms with Crippen LogP contribution in [0.4, 0.5) is 0 Å². The smallest absolute Gasteiger partial charge is 0.232 e. The first-order valence-electron chi connectivity index (χ1n) is 8.39. The molecule has 1 atom stereocenters.